The van der Waals surface area contributed by atoms with Gasteiger partial charge in [-0.2, -0.15) is 5.10 Å². The van der Waals surface area contributed by atoms with Crippen LogP contribution in [0.3, 0.4) is 0 Å². The molecule has 1 N–H and O–H groups in total. The van der Waals surface area contributed by atoms with E-state index >= 15 is 0 Å². The summed E-state index contributed by atoms with van der Waals surface area (Å²) in [6.07, 6.45) is 4.03. The van der Waals surface area contributed by atoms with Crippen LogP contribution in [0.15, 0.2) is 0 Å². The molecule has 0 bridgehead atoms. The molecule has 1 aliphatic rings. The number of hydrogen-bond acceptors (Lipinski definition) is 2. The lowest BCUT2D eigenvalue weighted by Crippen LogP contribution is -2.40. The molecule has 0 spiro atoms. The molecule has 3 nitrogen and oxygen atoms in total. The predicted octanol–water partition coefficient (Wildman–Crippen LogP) is 3.51. The minimum Gasteiger partial charge on any atom is -0.307 e. The molecular formula is C16H29N3. The highest BCUT2D eigenvalue weighted by Crippen LogP contribution is 2.31. The molecule has 4 atom stereocenters. The Kier molecular flexibility index (Phi) is 4.34. The normalized spacial score (nSPS) is 29.5. The Bertz CT molecular complexity index is 435. The molecule has 1 aliphatic carbocycles. The number of nitrogens with one attached hydrogen (secondary N) is 1. The third-order valence-electron chi connectivity index (χ3n) is 4.89. The Morgan fingerprint density at radius 3 is 2.47 bits per heavy atom. The van der Waals surface area contributed by atoms with Gasteiger partial charge in [0, 0.05) is 30.4 Å². The van der Waals surface area contributed by atoms with Crippen molar-refractivity contribution in [2.24, 2.45) is 18.9 Å². The zero-order valence-corrected chi connectivity index (χ0v) is 13.3. The molecule has 1 heterocycles. The summed E-state index contributed by atoms with van der Waals surface area (Å²) in [6.45, 7) is 11.3. The van der Waals surface area contributed by atoms with Crippen molar-refractivity contribution in [3.63, 3.8) is 0 Å². The molecule has 0 saturated heterocycles. The molecule has 1 saturated carbocycles. The molecular weight excluding hydrogens is 234 g/mol. The summed E-state index contributed by atoms with van der Waals surface area (Å²) in [5, 5.41) is 8.38. The average Bonchev–Trinajstić information content (AvgIpc) is 2.57. The van der Waals surface area contributed by atoms with Crippen LogP contribution < -0.4 is 5.32 Å². The zero-order chi connectivity index (χ0) is 14.2. The molecule has 0 aromatic carbocycles. The summed E-state index contributed by atoms with van der Waals surface area (Å²) in [6, 6.07) is 1.06. The Morgan fingerprint density at radius 1 is 1.26 bits per heavy atom. The van der Waals surface area contributed by atoms with Crippen LogP contribution in [-0.4, -0.2) is 15.8 Å². The van der Waals surface area contributed by atoms with Gasteiger partial charge < -0.3 is 5.32 Å². The van der Waals surface area contributed by atoms with E-state index in [4.69, 9.17) is 0 Å². The third-order valence-corrected chi connectivity index (χ3v) is 4.89. The summed E-state index contributed by atoms with van der Waals surface area (Å²) < 4.78 is 2.00. The first-order valence-corrected chi connectivity index (χ1v) is 7.66. The van der Waals surface area contributed by atoms with Gasteiger partial charge in [-0.25, -0.2) is 0 Å². The van der Waals surface area contributed by atoms with Crippen LogP contribution in [0.25, 0.3) is 0 Å². The number of rotatable bonds is 3. The van der Waals surface area contributed by atoms with E-state index in [-0.39, 0.29) is 0 Å². The molecule has 0 amide bonds. The van der Waals surface area contributed by atoms with E-state index < -0.39 is 0 Å². The highest BCUT2D eigenvalue weighted by Gasteiger charge is 2.27. The third kappa shape index (κ3) is 3.02. The van der Waals surface area contributed by atoms with Gasteiger partial charge in [0.2, 0.25) is 0 Å². The molecule has 3 heteroatoms. The zero-order valence-electron chi connectivity index (χ0n) is 13.3. The Labute approximate surface area is 117 Å². The van der Waals surface area contributed by atoms with Crippen molar-refractivity contribution in [3.05, 3.63) is 17.0 Å². The second-order valence-corrected chi connectivity index (χ2v) is 6.60. The maximum Gasteiger partial charge on any atom is 0.0644 e. The van der Waals surface area contributed by atoms with Gasteiger partial charge in [0.25, 0.3) is 0 Å². The van der Waals surface area contributed by atoms with Crippen molar-refractivity contribution in [1.29, 1.82) is 0 Å². The van der Waals surface area contributed by atoms with E-state index in [9.17, 15) is 0 Å². The Hall–Kier alpha value is -0.830. The van der Waals surface area contributed by atoms with Crippen molar-refractivity contribution in [3.8, 4) is 0 Å². The van der Waals surface area contributed by atoms with Crippen LogP contribution in [0.4, 0.5) is 0 Å². The van der Waals surface area contributed by atoms with Gasteiger partial charge in [0.05, 0.1) is 5.69 Å². The van der Waals surface area contributed by atoms with Crippen LogP contribution in [0.2, 0.25) is 0 Å². The van der Waals surface area contributed by atoms with Gasteiger partial charge in [0.1, 0.15) is 0 Å². The minimum absolute atomic E-state index is 0.398. The summed E-state index contributed by atoms with van der Waals surface area (Å²) in [5.74, 6) is 1.67. The maximum absolute atomic E-state index is 4.53. The molecule has 1 aromatic heterocycles. The van der Waals surface area contributed by atoms with Crippen molar-refractivity contribution in [1.82, 2.24) is 15.1 Å². The molecule has 0 radical (unpaired) electrons. The molecule has 1 fully saturated rings. The highest BCUT2D eigenvalue weighted by molar-refractivity contribution is 5.27. The number of aromatic nitrogens is 2. The molecule has 19 heavy (non-hydrogen) atoms. The van der Waals surface area contributed by atoms with E-state index in [1.807, 2.05) is 11.7 Å². The lowest BCUT2D eigenvalue weighted by molar-refractivity contribution is 0.216. The lowest BCUT2D eigenvalue weighted by Gasteiger charge is -2.35. The molecule has 108 valence electrons. The fraction of sp³-hybridized carbons (Fsp3) is 0.812. The molecule has 4 unspecified atom stereocenters. The summed E-state index contributed by atoms with van der Waals surface area (Å²) in [7, 11) is 2.03. The van der Waals surface area contributed by atoms with Gasteiger partial charge >= 0.3 is 0 Å². The van der Waals surface area contributed by atoms with E-state index in [1.165, 1.54) is 30.5 Å². The second kappa shape index (κ2) is 5.66. The molecule has 2 rings (SSSR count). The van der Waals surface area contributed by atoms with Crippen molar-refractivity contribution in [2.45, 2.75) is 66.0 Å². The summed E-state index contributed by atoms with van der Waals surface area (Å²) >= 11 is 0. The largest absolute Gasteiger partial charge is 0.307 e. The van der Waals surface area contributed by atoms with Gasteiger partial charge in [-0.15, -0.1) is 0 Å². The number of hydrogen-bond donors (Lipinski definition) is 1. The summed E-state index contributed by atoms with van der Waals surface area (Å²) in [4.78, 5) is 0. The fourth-order valence-corrected chi connectivity index (χ4v) is 3.73. The first-order valence-electron chi connectivity index (χ1n) is 7.66. The lowest BCUT2D eigenvalue weighted by atomic mass is 9.79. The fourth-order valence-electron chi connectivity index (χ4n) is 3.73. The standard InChI is InChI=1S/C16H29N3/c1-10-7-8-15(11(2)9-10)17-12(3)16-13(4)18-19(6)14(16)5/h10-12,15,17H,7-9H2,1-6H3. The molecule has 0 aliphatic heterocycles. The van der Waals surface area contributed by atoms with E-state index in [2.05, 4.69) is 45.0 Å². The quantitative estimate of drug-likeness (QED) is 0.904. The van der Waals surface area contributed by atoms with Gasteiger partial charge in [-0.05, 0) is 51.9 Å². The van der Waals surface area contributed by atoms with Crippen LogP contribution in [0, 0.1) is 25.7 Å². The van der Waals surface area contributed by atoms with Crippen LogP contribution in [0.5, 0.6) is 0 Å². The smallest absolute Gasteiger partial charge is 0.0644 e. The second-order valence-electron chi connectivity index (χ2n) is 6.60. The Balaban J connectivity index is 2.06. The first kappa shape index (κ1) is 14.6. The monoisotopic (exact) mass is 263 g/mol. The van der Waals surface area contributed by atoms with Crippen molar-refractivity contribution >= 4 is 0 Å². The van der Waals surface area contributed by atoms with Crippen molar-refractivity contribution < 1.29 is 0 Å². The van der Waals surface area contributed by atoms with E-state index in [0.29, 0.717) is 12.1 Å². The number of aryl methyl sites for hydroxylation is 2. The van der Waals surface area contributed by atoms with Gasteiger partial charge in [-0.3, -0.25) is 4.68 Å². The van der Waals surface area contributed by atoms with E-state index in [1.54, 1.807) is 0 Å². The van der Waals surface area contributed by atoms with Gasteiger partial charge in [-0.1, -0.05) is 13.8 Å². The SMILES string of the molecule is Cc1nn(C)c(C)c1C(C)NC1CCC(C)CC1C. The predicted molar refractivity (Wildman–Crippen MR) is 80.2 cm³/mol. The topological polar surface area (TPSA) is 29.9 Å². The maximum atomic E-state index is 4.53. The number of nitrogens with zero attached hydrogens (tertiary/aromatic N) is 2. The molecule has 1 aromatic rings. The summed E-state index contributed by atoms with van der Waals surface area (Å²) in [5.41, 5.74) is 3.83. The minimum atomic E-state index is 0.398. The van der Waals surface area contributed by atoms with Crippen LogP contribution >= 0.6 is 0 Å². The van der Waals surface area contributed by atoms with Gasteiger partial charge in [0.15, 0.2) is 0 Å². The first-order chi connectivity index (χ1) is 8.90. The van der Waals surface area contributed by atoms with E-state index in [0.717, 1.165) is 17.5 Å². The highest BCUT2D eigenvalue weighted by atomic mass is 15.3. The average molecular weight is 263 g/mol. The van der Waals surface area contributed by atoms with Crippen LogP contribution in [-0.2, 0) is 7.05 Å². The van der Waals surface area contributed by atoms with Crippen LogP contribution in [0.1, 0.15) is 63.0 Å². The van der Waals surface area contributed by atoms with Crippen molar-refractivity contribution in [2.75, 3.05) is 0 Å². The Morgan fingerprint density at radius 2 is 1.95 bits per heavy atom.